The van der Waals surface area contributed by atoms with Crippen molar-refractivity contribution in [2.75, 3.05) is 19.0 Å². The van der Waals surface area contributed by atoms with Gasteiger partial charge in [-0.2, -0.15) is 0 Å². The highest BCUT2D eigenvalue weighted by molar-refractivity contribution is 7.18. The van der Waals surface area contributed by atoms with Crippen molar-refractivity contribution in [3.63, 3.8) is 0 Å². The molecule has 1 aliphatic carbocycles. The second kappa shape index (κ2) is 8.24. The average Bonchev–Trinajstić information content (AvgIpc) is 3.16. The molecule has 0 unspecified atom stereocenters. The predicted octanol–water partition coefficient (Wildman–Crippen LogP) is 4.22. The summed E-state index contributed by atoms with van der Waals surface area (Å²) in [5.41, 5.74) is 1.86. The third kappa shape index (κ3) is 3.86. The SMILES string of the molecule is COc1cc2nc(C3CCC(CO)CC3)sc2cc1NC(=O)c1ccccn1. The normalized spacial score (nSPS) is 19.5. The number of thiazole rings is 1. The lowest BCUT2D eigenvalue weighted by Gasteiger charge is -2.25. The monoisotopic (exact) mass is 397 g/mol. The first-order valence-corrected chi connectivity index (χ1v) is 10.3. The number of pyridine rings is 1. The van der Waals surface area contributed by atoms with Crippen LogP contribution in [0.2, 0.25) is 0 Å². The van der Waals surface area contributed by atoms with Gasteiger partial charge >= 0.3 is 0 Å². The van der Waals surface area contributed by atoms with Crippen LogP contribution in [0.25, 0.3) is 10.2 Å². The highest BCUT2D eigenvalue weighted by Crippen LogP contribution is 2.41. The molecule has 3 aromatic rings. The standard InChI is InChI=1S/C21H23N3O3S/c1-27-18-10-17-19(11-16(18)23-20(26)15-4-2-3-9-22-15)28-21(24-17)14-7-5-13(12-25)6-8-14/h2-4,9-11,13-14,25H,5-8,12H2,1H3,(H,23,26). The molecule has 0 saturated heterocycles. The second-order valence-corrected chi connectivity index (χ2v) is 8.20. The Labute approximate surface area is 167 Å². The van der Waals surface area contributed by atoms with Crippen LogP contribution in [-0.4, -0.2) is 34.7 Å². The Morgan fingerprint density at radius 1 is 1.29 bits per heavy atom. The maximum absolute atomic E-state index is 12.5. The van der Waals surface area contributed by atoms with Gasteiger partial charge in [0.2, 0.25) is 0 Å². The number of benzene rings is 1. The van der Waals surface area contributed by atoms with Crippen molar-refractivity contribution in [2.24, 2.45) is 5.92 Å². The van der Waals surface area contributed by atoms with Crippen molar-refractivity contribution >= 4 is 33.1 Å². The van der Waals surface area contributed by atoms with Crippen LogP contribution < -0.4 is 10.1 Å². The van der Waals surface area contributed by atoms with E-state index in [1.165, 1.54) is 0 Å². The molecular weight excluding hydrogens is 374 g/mol. The minimum atomic E-state index is -0.273. The first-order chi connectivity index (χ1) is 13.7. The van der Waals surface area contributed by atoms with Gasteiger partial charge in [-0.25, -0.2) is 4.98 Å². The van der Waals surface area contributed by atoms with E-state index in [4.69, 9.17) is 9.72 Å². The van der Waals surface area contributed by atoms with Crippen molar-refractivity contribution in [3.8, 4) is 5.75 Å². The number of ether oxygens (including phenoxy) is 1. The Morgan fingerprint density at radius 3 is 2.79 bits per heavy atom. The van der Waals surface area contributed by atoms with E-state index in [0.29, 0.717) is 29.0 Å². The molecule has 0 spiro atoms. The Hall–Kier alpha value is -2.51. The molecule has 4 rings (SSSR count). The van der Waals surface area contributed by atoms with Gasteiger partial charge in [0.15, 0.2) is 0 Å². The van der Waals surface area contributed by atoms with Gasteiger partial charge in [0.25, 0.3) is 5.91 Å². The molecule has 1 aromatic carbocycles. The van der Waals surface area contributed by atoms with Crippen molar-refractivity contribution in [2.45, 2.75) is 31.6 Å². The number of nitrogens with zero attached hydrogens (tertiary/aromatic N) is 2. The molecule has 6 nitrogen and oxygen atoms in total. The van der Waals surface area contributed by atoms with Crippen LogP contribution in [0, 0.1) is 5.92 Å². The first kappa shape index (κ1) is 18.8. The van der Waals surface area contributed by atoms with Crippen molar-refractivity contribution in [1.82, 2.24) is 9.97 Å². The van der Waals surface area contributed by atoms with Gasteiger partial charge < -0.3 is 15.2 Å². The molecule has 1 amide bonds. The number of aliphatic hydroxyl groups is 1. The minimum absolute atomic E-state index is 0.273. The number of hydrogen-bond acceptors (Lipinski definition) is 6. The van der Waals surface area contributed by atoms with E-state index in [2.05, 4.69) is 10.3 Å². The maximum Gasteiger partial charge on any atom is 0.274 e. The lowest BCUT2D eigenvalue weighted by Crippen LogP contribution is -2.15. The number of nitrogens with one attached hydrogen (secondary N) is 1. The molecule has 0 radical (unpaired) electrons. The van der Waals surface area contributed by atoms with Crippen LogP contribution >= 0.6 is 11.3 Å². The Bertz CT molecular complexity index is 966. The predicted molar refractivity (Wildman–Crippen MR) is 110 cm³/mol. The van der Waals surface area contributed by atoms with Gasteiger partial charge in [0, 0.05) is 24.8 Å². The number of amides is 1. The fourth-order valence-electron chi connectivity index (χ4n) is 3.69. The average molecular weight is 398 g/mol. The van der Waals surface area contributed by atoms with E-state index in [1.54, 1.807) is 42.8 Å². The quantitative estimate of drug-likeness (QED) is 0.673. The van der Waals surface area contributed by atoms with E-state index < -0.39 is 0 Å². The summed E-state index contributed by atoms with van der Waals surface area (Å²) in [7, 11) is 1.58. The van der Waals surface area contributed by atoms with Gasteiger partial charge in [0.05, 0.1) is 28.0 Å². The number of carbonyl (C=O) groups is 1. The van der Waals surface area contributed by atoms with Gasteiger partial charge in [-0.15, -0.1) is 11.3 Å². The molecule has 2 N–H and O–H groups in total. The summed E-state index contributed by atoms with van der Waals surface area (Å²) in [5.74, 6) is 1.18. The summed E-state index contributed by atoms with van der Waals surface area (Å²) in [5, 5.41) is 13.4. The molecule has 1 aliphatic rings. The number of anilines is 1. The third-order valence-corrected chi connectivity index (χ3v) is 6.51. The summed E-state index contributed by atoms with van der Waals surface area (Å²) < 4.78 is 6.50. The molecule has 146 valence electrons. The van der Waals surface area contributed by atoms with Crippen LogP contribution in [0.1, 0.15) is 47.1 Å². The summed E-state index contributed by atoms with van der Waals surface area (Å²) >= 11 is 1.67. The highest BCUT2D eigenvalue weighted by atomic mass is 32.1. The topological polar surface area (TPSA) is 84.3 Å². The summed E-state index contributed by atoms with van der Waals surface area (Å²) in [4.78, 5) is 21.4. The van der Waals surface area contributed by atoms with E-state index in [9.17, 15) is 9.90 Å². The number of carbonyl (C=O) groups excluding carboxylic acids is 1. The molecule has 0 atom stereocenters. The number of methoxy groups -OCH3 is 1. The number of rotatable bonds is 5. The maximum atomic E-state index is 12.5. The van der Waals surface area contributed by atoms with Gasteiger partial charge in [-0.05, 0) is 49.8 Å². The zero-order valence-electron chi connectivity index (χ0n) is 15.7. The van der Waals surface area contributed by atoms with E-state index in [0.717, 1.165) is 40.9 Å². The van der Waals surface area contributed by atoms with Gasteiger partial charge in [-0.3, -0.25) is 9.78 Å². The smallest absolute Gasteiger partial charge is 0.274 e. The fraction of sp³-hybridized carbons (Fsp3) is 0.381. The molecule has 1 saturated carbocycles. The van der Waals surface area contributed by atoms with Crippen molar-refractivity contribution in [3.05, 3.63) is 47.2 Å². The van der Waals surface area contributed by atoms with Crippen LogP contribution in [0.3, 0.4) is 0 Å². The van der Waals surface area contributed by atoms with E-state index in [1.807, 2.05) is 12.1 Å². The fourth-order valence-corrected chi connectivity index (χ4v) is 4.85. The zero-order chi connectivity index (χ0) is 19.5. The van der Waals surface area contributed by atoms with E-state index >= 15 is 0 Å². The number of fused-ring (bicyclic) bond motifs is 1. The van der Waals surface area contributed by atoms with Crippen LogP contribution in [0.5, 0.6) is 5.75 Å². The van der Waals surface area contributed by atoms with E-state index in [-0.39, 0.29) is 12.5 Å². The third-order valence-electron chi connectivity index (χ3n) is 5.33. The second-order valence-electron chi connectivity index (χ2n) is 7.14. The summed E-state index contributed by atoms with van der Waals surface area (Å²) in [6.45, 7) is 0.281. The molecule has 7 heteroatoms. The number of hydrogen-bond donors (Lipinski definition) is 2. The molecule has 2 aromatic heterocycles. The Balaban J connectivity index is 1.59. The Morgan fingerprint density at radius 2 is 2.11 bits per heavy atom. The van der Waals surface area contributed by atoms with Gasteiger partial charge in [-0.1, -0.05) is 6.07 Å². The number of aromatic nitrogens is 2. The highest BCUT2D eigenvalue weighted by Gasteiger charge is 2.25. The van der Waals surface area contributed by atoms with Crippen LogP contribution in [0.4, 0.5) is 5.69 Å². The lowest BCUT2D eigenvalue weighted by atomic mass is 9.83. The van der Waals surface area contributed by atoms with Crippen LogP contribution in [0.15, 0.2) is 36.5 Å². The van der Waals surface area contributed by atoms with Gasteiger partial charge in [0.1, 0.15) is 11.4 Å². The number of aliphatic hydroxyl groups excluding tert-OH is 1. The molecule has 2 heterocycles. The molecule has 0 bridgehead atoms. The van der Waals surface area contributed by atoms with Crippen molar-refractivity contribution in [1.29, 1.82) is 0 Å². The first-order valence-electron chi connectivity index (χ1n) is 9.49. The molecule has 28 heavy (non-hydrogen) atoms. The zero-order valence-corrected chi connectivity index (χ0v) is 16.5. The lowest BCUT2D eigenvalue weighted by molar-refractivity contribution is 0.102. The minimum Gasteiger partial charge on any atom is -0.494 e. The van der Waals surface area contributed by atoms with Crippen molar-refractivity contribution < 1.29 is 14.6 Å². The molecule has 1 fully saturated rings. The largest absolute Gasteiger partial charge is 0.494 e. The Kier molecular flexibility index (Phi) is 5.54. The summed E-state index contributed by atoms with van der Waals surface area (Å²) in [6.07, 6.45) is 5.81. The molecular formula is C21H23N3O3S. The summed E-state index contributed by atoms with van der Waals surface area (Å²) in [6, 6.07) is 9.03. The van der Waals surface area contributed by atoms with Crippen LogP contribution in [-0.2, 0) is 0 Å². The molecule has 0 aliphatic heterocycles.